The molecule has 31 heavy (non-hydrogen) atoms. The molecule has 1 aliphatic heterocycles. The molecule has 0 spiro atoms. The first kappa shape index (κ1) is 23.3. The van der Waals surface area contributed by atoms with Crippen molar-refractivity contribution in [2.24, 2.45) is 11.8 Å². The number of amides is 2. The molecule has 1 aliphatic rings. The number of halogens is 1. The van der Waals surface area contributed by atoms with Gasteiger partial charge in [0.25, 0.3) is 0 Å². The third-order valence-electron chi connectivity index (χ3n) is 5.50. The summed E-state index contributed by atoms with van der Waals surface area (Å²) in [7, 11) is 0. The zero-order valence-corrected chi connectivity index (χ0v) is 19.5. The largest absolute Gasteiger partial charge is 0.356 e. The highest BCUT2D eigenvalue weighted by molar-refractivity contribution is 6.30. The van der Waals surface area contributed by atoms with E-state index < -0.39 is 6.04 Å². The van der Waals surface area contributed by atoms with Crippen molar-refractivity contribution in [3.05, 3.63) is 41.0 Å². The summed E-state index contributed by atoms with van der Waals surface area (Å²) in [5.74, 6) is 1.37. The van der Waals surface area contributed by atoms with E-state index in [1.807, 2.05) is 18.2 Å². The highest BCUT2D eigenvalue weighted by Gasteiger charge is 2.37. The van der Waals surface area contributed by atoms with E-state index in [0.29, 0.717) is 48.4 Å². The minimum Gasteiger partial charge on any atom is -0.356 e. The van der Waals surface area contributed by atoms with Crippen LogP contribution in [0, 0.1) is 11.8 Å². The lowest BCUT2D eigenvalue weighted by molar-refractivity contribution is -0.145. The van der Waals surface area contributed by atoms with Crippen LogP contribution in [0.4, 0.5) is 0 Å². The fourth-order valence-electron chi connectivity index (χ4n) is 4.07. The Morgan fingerprint density at radius 2 is 1.87 bits per heavy atom. The average Bonchev–Trinajstić information content (AvgIpc) is 3.17. The van der Waals surface area contributed by atoms with Crippen molar-refractivity contribution in [3.8, 4) is 11.3 Å². The van der Waals surface area contributed by atoms with E-state index in [4.69, 9.17) is 16.1 Å². The summed E-state index contributed by atoms with van der Waals surface area (Å²) < 4.78 is 5.44. The van der Waals surface area contributed by atoms with Crippen molar-refractivity contribution in [2.75, 3.05) is 6.54 Å². The van der Waals surface area contributed by atoms with Gasteiger partial charge in [-0.2, -0.15) is 0 Å². The molecular formula is C24H32ClN3O3. The van der Waals surface area contributed by atoms with Gasteiger partial charge in [-0.1, -0.05) is 44.5 Å². The molecule has 1 fully saturated rings. The van der Waals surface area contributed by atoms with Crippen LogP contribution in [0.1, 0.15) is 52.7 Å². The number of carbonyl (C=O) groups excluding carboxylic acids is 2. The van der Waals surface area contributed by atoms with Crippen molar-refractivity contribution in [1.82, 2.24) is 15.4 Å². The zero-order valence-electron chi connectivity index (χ0n) is 18.7. The maximum absolute atomic E-state index is 13.1. The normalized spacial score (nSPS) is 19.2. The van der Waals surface area contributed by atoms with Crippen LogP contribution in [0.25, 0.3) is 11.3 Å². The van der Waals surface area contributed by atoms with Gasteiger partial charge < -0.3 is 14.7 Å². The Balaban J connectivity index is 1.66. The molecule has 2 aromatic rings. The number of rotatable bonds is 8. The van der Waals surface area contributed by atoms with Gasteiger partial charge >= 0.3 is 0 Å². The fraction of sp³-hybridized carbons (Fsp3) is 0.542. The van der Waals surface area contributed by atoms with Crippen LogP contribution in [0.2, 0.25) is 5.02 Å². The van der Waals surface area contributed by atoms with Crippen molar-refractivity contribution in [2.45, 2.75) is 65.5 Å². The maximum Gasteiger partial charge on any atom is 0.243 e. The van der Waals surface area contributed by atoms with Gasteiger partial charge in [-0.05, 0) is 48.9 Å². The molecule has 0 unspecified atom stereocenters. The molecule has 7 heteroatoms. The van der Waals surface area contributed by atoms with E-state index in [-0.39, 0.29) is 17.9 Å². The highest BCUT2D eigenvalue weighted by atomic mass is 35.5. The van der Waals surface area contributed by atoms with Crippen LogP contribution in [-0.4, -0.2) is 40.5 Å². The summed E-state index contributed by atoms with van der Waals surface area (Å²) in [4.78, 5) is 27.7. The summed E-state index contributed by atoms with van der Waals surface area (Å²) >= 11 is 5.94. The summed E-state index contributed by atoms with van der Waals surface area (Å²) in [6, 6.07) is 8.79. The molecule has 0 saturated carbocycles. The number of nitrogens with zero attached hydrogens (tertiary/aromatic N) is 2. The van der Waals surface area contributed by atoms with Gasteiger partial charge in [0, 0.05) is 42.1 Å². The first-order chi connectivity index (χ1) is 14.7. The van der Waals surface area contributed by atoms with Gasteiger partial charge in [0.05, 0.1) is 5.69 Å². The molecule has 2 heterocycles. The van der Waals surface area contributed by atoms with Gasteiger partial charge in [-0.25, -0.2) is 0 Å². The number of nitrogens with one attached hydrogen (secondary N) is 1. The van der Waals surface area contributed by atoms with E-state index in [9.17, 15) is 9.59 Å². The maximum atomic E-state index is 13.1. The number of hydrogen-bond donors (Lipinski definition) is 1. The Labute approximate surface area is 189 Å². The van der Waals surface area contributed by atoms with Gasteiger partial charge in [0.1, 0.15) is 6.04 Å². The second kappa shape index (κ2) is 10.3. The molecule has 0 radical (unpaired) electrons. The zero-order chi connectivity index (χ0) is 22.5. The Kier molecular flexibility index (Phi) is 7.76. The molecule has 1 aromatic heterocycles. The molecule has 2 atom stereocenters. The molecule has 1 N–H and O–H groups in total. The smallest absolute Gasteiger partial charge is 0.243 e. The van der Waals surface area contributed by atoms with Crippen molar-refractivity contribution in [3.63, 3.8) is 0 Å². The van der Waals surface area contributed by atoms with Crippen LogP contribution in [0.3, 0.4) is 0 Å². The van der Waals surface area contributed by atoms with Gasteiger partial charge in [0.2, 0.25) is 11.8 Å². The number of aryl methyl sites for hydroxylation is 1. The SMILES string of the molecule is CC(C)C[C@H]1CN(C(=O)CCc2cc(-c3ccc(Cl)cc3)on2)[C@@H](CC(C)C)C(=O)N1. The second-order valence-corrected chi connectivity index (χ2v) is 9.65. The van der Waals surface area contributed by atoms with Gasteiger partial charge in [-0.3, -0.25) is 9.59 Å². The van der Waals surface area contributed by atoms with Crippen molar-refractivity contribution in [1.29, 1.82) is 0 Å². The van der Waals surface area contributed by atoms with E-state index in [2.05, 4.69) is 38.2 Å². The predicted molar refractivity (Wildman–Crippen MR) is 122 cm³/mol. The molecule has 6 nitrogen and oxygen atoms in total. The van der Waals surface area contributed by atoms with Crippen molar-refractivity contribution >= 4 is 23.4 Å². The molecular weight excluding hydrogens is 414 g/mol. The number of carbonyl (C=O) groups is 2. The minimum absolute atomic E-state index is 0.00317. The van der Waals surface area contributed by atoms with E-state index in [1.165, 1.54) is 0 Å². The number of piperazine rings is 1. The monoisotopic (exact) mass is 445 g/mol. The topological polar surface area (TPSA) is 75.4 Å². The van der Waals surface area contributed by atoms with Crippen LogP contribution in [0.15, 0.2) is 34.9 Å². The lowest BCUT2D eigenvalue weighted by atomic mass is 9.94. The minimum atomic E-state index is -0.405. The first-order valence-corrected chi connectivity index (χ1v) is 11.4. The summed E-state index contributed by atoms with van der Waals surface area (Å²) in [5, 5.41) is 7.89. The summed E-state index contributed by atoms with van der Waals surface area (Å²) in [6.07, 6.45) is 2.29. The van der Waals surface area contributed by atoms with Crippen molar-refractivity contribution < 1.29 is 14.1 Å². The van der Waals surface area contributed by atoms with Crippen LogP contribution in [0.5, 0.6) is 0 Å². The lowest BCUT2D eigenvalue weighted by Gasteiger charge is -2.40. The van der Waals surface area contributed by atoms with Gasteiger partial charge in [0.15, 0.2) is 5.76 Å². The Hall–Kier alpha value is -2.34. The number of benzene rings is 1. The highest BCUT2D eigenvalue weighted by Crippen LogP contribution is 2.24. The standard InChI is InChI=1S/C24H32ClN3O3/c1-15(2)11-20-14-28(21(12-16(3)4)24(30)26-20)23(29)10-9-19-13-22(31-27-19)17-5-7-18(25)8-6-17/h5-8,13,15-16,20-21H,9-12,14H2,1-4H3,(H,26,30)/t20-,21-/m0/s1. The van der Waals surface area contributed by atoms with Crippen LogP contribution >= 0.6 is 11.6 Å². The van der Waals surface area contributed by atoms with E-state index in [1.54, 1.807) is 17.0 Å². The third kappa shape index (κ3) is 6.33. The molecule has 1 aromatic carbocycles. The molecule has 2 amide bonds. The Morgan fingerprint density at radius 1 is 1.19 bits per heavy atom. The first-order valence-electron chi connectivity index (χ1n) is 11.0. The quantitative estimate of drug-likeness (QED) is 0.638. The molecule has 0 aliphatic carbocycles. The molecule has 0 bridgehead atoms. The molecule has 1 saturated heterocycles. The van der Waals surface area contributed by atoms with Crippen LogP contribution < -0.4 is 5.32 Å². The number of aromatic nitrogens is 1. The molecule has 168 valence electrons. The lowest BCUT2D eigenvalue weighted by Crippen LogP contribution is -2.62. The Bertz CT molecular complexity index is 892. The van der Waals surface area contributed by atoms with Crippen LogP contribution in [-0.2, 0) is 16.0 Å². The van der Waals surface area contributed by atoms with E-state index >= 15 is 0 Å². The predicted octanol–water partition coefficient (Wildman–Crippen LogP) is 4.72. The average molecular weight is 446 g/mol. The third-order valence-corrected chi connectivity index (χ3v) is 5.75. The second-order valence-electron chi connectivity index (χ2n) is 9.22. The van der Waals surface area contributed by atoms with Gasteiger partial charge in [-0.15, -0.1) is 0 Å². The number of hydrogen-bond acceptors (Lipinski definition) is 4. The van der Waals surface area contributed by atoms with E-state index in [0.717, 1.165) is 17.7 Å². The Morgan fingerprint density at radius 3 is 2.52 bits per heavy atom. The fourth-order valence-corrected chi connectivity index (χ4v) is 4.19. The summed E-state index contributed by atoms with van der Waals surface area (Å²) in [6.45, 7) is 8.96. The summed E-state index contributed by atoms with van der Waals surface area (Å²) in [5.41, 5.74) is 1.61. The molecule has 3 rings (SSSR count).